The van der Waals surface area contributed by atoms with Gasteiger partial charge in [0.15, 0.2) is 11.0 Å². The van der Waals surface area contributed by atoms with Crippen LogP contribution >= 0.6 is 23.1 Å². The third kappa shape index (κ3) is 5.38. The molecule has 0 aliphatic rings. The molecule has 11 heteroatoms. The molecule has 9 nitrogen and oxygen atoms in total. The molecule has 1 amide bonds. The number of nitrogens with one attached hydrogen (secondary N) is 1. The summed E-state index contributed by atoms with van der Waals surface area (Å²) in [7, 11) is 3.15. The lowest BCUT2D eigenvalue weighted by atomic mass is 10.2. The number of ether oxygens (including phenoxy) is 2. The zero-order valence-electron chi connectivity index (χ0n) is 19.4. The lowest BCUT2D eigenvalue weighted by Gasteiger charge is -2.11. The fraction of sp³-hybridized carbons (Fsp3) is 0.571. The second-order valence-electron chi connectivity index (χ2n) is 7.79. The van der Waals surface area contributed by atoms with Gasteiger partial charge in [-0.2, -0.15) is 4.98 Å². The molecule has 3 aromatic heterocycles. The van der Waals surface area contributed by atoms with E-state index in [9.17, 15) is 4.79 Å². The molecule has 3 aromatic rings. The highest BCUT2D eigenvalue weighted by atomic mass is 32.2. The fourth-order valence-electron chi connectivity index (χ4n) is 3.43. The van der Waals surface area contributed by atoms with Gasteiger partial charge in [0.1, 0.15) is 17.3 Å². The van der Waals surface area contributed by atoms with E-state index in [-0.39, 0.29) is 12.5 Å². The topological polar surface area (TPSA) is 104 Å². The van der Waals surface area contributed by atoms with E-state index in [1.807, 2.05) is 13.2 Å². The standard InChI is InChI=1S/C21H30N6O3S2/c1-12(2)10-27-15(25-26-21(27)31-6)8-7-9-22-18(28)17-13(3)16-19(30-5)23-14(11-29-4)24-20(16)32-17/h12H,7-11H2,1-6H3,(H,22,28). The van der Waals surface area contributed by atoms with Crippen molar-refractivity contribution in [3.05, 3.63) is 22.1 Å². The second kappa shape index (κ2) is 11.1. The number of amides is 1. The third-order valence-corrected chi connectivity index (χ3v) is 6.71. The SMILES string of the molecule is COCc1nc(OC)c2c(C)c(C(=O)NCCCc3nnc(SC)n3CC(C)C)sc2n1. The number of carbonyl (C=O) groups is 1. The van der Waals surface area contributed by atoms with Crippen LogP contribution in [0, 0.1) is 12.8 Å². The first-order chi connectivity index (χ1) is 15.4. The summed E-state index contributed by atoms with van der Waals surface area (Å²) >= 11 is 2.95. The average molecular weight is 479 g/mol. The molecule has 0 unspecified atom stereocenters. The van der Waals surface area contributed by atoms with Crippen molar-refractivity contribution in [2.45, 2.75) is 51.9 Å². The summed E-state index contributed by atoms with van der Waals surface area (Å²) in [6.45, 7) is 7.98. The Morgan fingerprint density at radius 2 is 2.03 bits per heavy atom. The van der Waals surface area contributed by atoms with Gasteiger partial charge in [0.2, 0.25) is 5.88 Å². The van der Waals surface area contributed by atoms with Crippen molar-refractivity contribution in [1.82, 2.24) is 30.0 Å². The Kier molecular flexibility index (Phi) is 8.44. The monoisotopic (exact) mass is 478 g/mol. The lowest BCUT2D eigenvalue weighted by Crippen LogP contribution is -2.24. The fourth-order valence-corrected chi connectivity index (χ4v) is 5.06. The summed E-state index contributed by atoms with van der Waals surface area (Å²) in [5.74, 6) is 2.34. The first kappa shape index (κ1) is 24.4. The molecule has 0 saturated heterocycles. The van der Waals surface area contributed by atoms with Crippen molar-refractivity contribution in [3.8, 4) is 5.88 Å². The molecule has 0 bridgehead atoms. The normalized spacial score (nSPS) is 11.5. The van der Waals surface area contributed by atoms with Gasteiger partial charge >= 0.3 is 0 Å². The van der Waals surface area contributed by atoms with Crippen molar-refractivity contribution in [1.29, 1.82) is 0 Å². The van der Waals surface area contributed by atoms with Gasteiger partial charge in [-0.1, -0.05) is 25.6 Å². The molecule has 0 aromatic carbocycles. The first-order valence-corrected chi connectivity index (χ1v) is 12.5. The number of aryl methyl sites for hydroxylation is 2. The van der Waals surface area contributed by atoms with Gasteiger partial charge in [0, 0.05) is 26.6 Å². The van der Waals surface area contributed by atoms with Crippen LogP contribution in [0.15, 0.2) is 5.16 Å². The Bertz CT molecular complexity index is 1080. The van der Waals surface area contributed by atoms with Crippen molar-refractivity contribution in [3.63, 3.8) is 0 Å². The van der Waals surface area contributed by atoms with Crippen molar-refractivity contribution in [2.24, 2.45) is 5.92 Å². The number of methoxy groups -OCH3 is 2. The Hall–Kier alpha value is -2.24. The van der Waals surface area contributed by atoms with Crippen LogP contribution in [-0.4, -0.2) is 57.7 Å². The van der Waals surface area contributed by atoms with E-state index in [0.717, 1.165) is 46.1 Å². The van der Waals surface area contributed by atoms with E-state index in [2.05, 4.69) is 43.9 Å². The molecular formula is C21H30N6O3S2. The van der Waals surface area contributed by atoms with Gasteiger partial charge in [0.05, 0.1) is 17.4 Å². The number of hydrogen-bond donors (Lipinski definition) is 1. The predicted molar refractivity (Wildman–Crippen MR) is 127 cm³/mol. The molecular weight excluding hydrogens is 448 g/mol. The number of carbonyl (C=O) groups excluding carboxylic acids is 1. The average Bonchev–Trinajstić information content (AvgIpc) is 3.30. The Morgan fingerprint density at radius 1 is 1.25 bits per heavy atom. The molecule has 0 aliphatic heterocycles. The minimum atomic E-state index is -0.116. The molecule has 0 saturated carbocycles. The Labute approximate surface area is 196 Å². The number of rotatable bonds is 11. The molecule has 0 aliphatic carbocycles. The minimum absolute atomic E-state index is 0.116. The van der Waals surface area contributed by atoms with Crippen LogP contribution in [0.25, 0.3) is 10.2 Å². The highest BCUT2D eigenvalue weighted by molar-refractivity contribution is 7.98. The number of thioether (sulfide) groups is 1. The summed E-state index contributed by atoms with van der Waals surface area (Å²) in [6.07, 6.45) is 3.54. The van der Waals surface area contributed by atoms with E-state index < -0.39 is 0 Å². The van der Waals surface area contributed by atoms with E-state index >= 15 is 0 Å². The molecule has 3 heterocycles. The van der Waals surface area contributed by atoms with Gasteiger partial charge in [-0.25, -0.2) is 4.98 Å². The summed E-state index contributed by atoms with van der Waals surface area (Å²) in [5.41, 5.74) is 0.824. The number of nitrogens with zero attached hydrogens (tertiary/aromatic N) is 5. The van der Waals surface area contributed by atoms with Crippen LogP contribution in [0.2, 0.25) is 0 Å². The zero-order chi connectivity index (χ0) is 23.3. The van der Waals surface area contributed by atoms with E-state index in [0.29, 0.717) is 29.0 Å². The number of hydrogen-bond acceptors (Lipinski definition) is 9. The Morgan fingerprint density at radius 3 is 2.69 bits per heavy atom. The molecule has 0 radical (unpaired) electrons. The first-order valence-electron chi connectivity index (χ1n) is 10.5. The number of thiophene rings is 1. The largest absolute Gasteiger partial charge is 0.480 e. The number of fused-ring (bicyclic) bond motifs is 1. The maximum absolute atomic E-state index is 12.9. The van der Waals surface area contributed by atoms with Gasteiger partial charge < -0.3 is 19.4 Å². The molecule has 3 rings (SSSR count). The summed E-state index contributed by atoms with van der Waals surface area (Å²) in [4.78, 5) is 23.1. The van der Waals surface area contributed by atoms with Gasteiger partial charge in [-0.3, -0.25) is 4.79 Å². The van der Waals surface area contributed by atoms with Gasteiger partial charge in [-0.05, 0) is 31.1 Å². The number of aromatic nitrogens is 5. The third-order valence-electron chi connectivity index (χ3n) is 4.86. The van der Waals surface area contributed by atoms with Crippen LogP contribution in [0.5, 0.6) is 5.88 Å². The van der Waals surface area contributed by atoms with E-state index in [1.54, 1.807) is 26.0 Å². The maximum Gasteiger partial charge on any atom is 0.261 e. The van der Waals surface area contributed by atoms with E-state index in [1.165, 1.54) is 11.3 Å². The van der Waals surface area contributed by atoms with Gasteiger partial charge in [0.25, 0.3) is 5.91 Å². The minimum Gasteiger partial charge on any atom is -0.480 e. The van der Waals surface area contributed by atoms with Crippen LogP contribution in [0.3, 0.4) is 0 Å². The second-order valence-corrected chi connectivity index (χ2v) is 9.56. The Balaban J connectivity index is 1.67. The van der Waals surface area contributed by atoms with Crippen LogP contribution in [0.4, 0.5) is 0 Å². The molecule has 1 N–H and O–H groups in total. The van der Waals surface area contributed by atoms with Crippen LogP contribution < -0.4 is 10.1 Å². The van der Waals surface area contributed by atoms with Crippen molar-refractivity contribution in [2.75, 3.05) is 27.0 Å². The smallest absolute Gasteiger partial charge is 0.261 e. The summed E-state index contributed by atoms with van der Waals surface area (Å²) in [6, 6.07) is 0. The molecule has 0 fully saturated rings. The van der Waals surface area contributed by atoms with Crippen LogP contribution in [0.1, 0.15) is 47.2 Å². The van der Waals surface area contributed by atoms with Crippen molar-refractivity contribution >= 4 is 39.2 Å². The molecule has 32 heavy (non-hydrogen) atoms. The van der Waals surface area contributed by atoms with Gasteiger partial charge in [-0.15, -0.1) is 21.5 Å². The highest BCUT2D eigenvalue weighted by Crippen LogP contribution is 2.35. The quantitative estimate of drug-likeness (QED) is 0.330. The van der Waals surface area contributed by atoms with Crippen LogP contribution in [-0.2, 0) is 24.3 Å². The highest BCUT2D eigenvalue weighted by Gasteiger charge is 2.21. The molecule has 0 atom stereocenters. The van der Waals surface area contributed by atoms with E-state index in [4.69, 9.17) is 9.47 Å². The van der Waals surface area contributed by atoms with Crippen molar-refractivity contribution < 1.29 is 14.3 Å². The molecule has 174 valence electrons. The molecule has 0 spiro atoms. The zero-order valence-corrected chi connectivity index (χ0v) is 21.0. The predicted octanol–water partition coefficient (Wildman–Crippen LogP) is 3.49. The summed E-state index contributed by atoms with van der Waals surface area (Å²) < 4.78 is 12.7. The maximum atomic E-state index is 12.9. The lowest BCUT2D eigenvalue weighted by molar-refractivity contribution is 0.0956. The summed E-state index contributed by atoms with van der Waals surface area (Å²) in [5, 5.41) is 13.3.